The Labute approximate surface area is 173 Å². The Hall–Kier alpha value is -3.55. The minimum Gasteiger partial charge on any atom is -0.453 e. The molecule has 0 saturated heterocycles. The normalized spacial score (nSPS) is 13.9. The lowest BCUT2D eigenvalue weighted by Crippen LogP contribution is -2.21. The van der Waals surface area contributed by atoms with Crippen LogP contribution in [0.15, 0.2) is 30.4 Å². The number of ether oxygens (including phenoxy) is 3. The Kier molecular flexibility index (Phi) is 7.05. The lowest BCUT2D eigenvalue weighted by molar-refractivity contribution is -0.144. The minimum absolute atomic E-state index is 0.0868. The Bertz CT molecular complexity index is 981. The molecule has 0 aromatic heterocycles. The summed E-state index contributed by atoms with van der Waals surface area (Å²) in [5.41, 5.74) is -0.350. The molecule has 0 heterocycles. The van der Waals surface area contributed by atoms with E-state index in [2.05, 4.69) is 0 Å². The summed E-state index contributed by atoms with van der Waals surface area (Å²) in [5, 5.41) is 0. The van der Waals surface area contributed by atoms with E-state index in [-0.39, 0.29) is 34.1 Å². The number of benzene rings is 1. The van der Waals surface area contributed by atoms with Crippen LogP contribution in [0.3, 0.4) is 0 Å². The van der Waals surface area contributed by atoms with Crippen LogP contribution in [-0.2, 0) is 19.1 Å². The Morgan fingerprint density at radius 1 is 0.833 bits per heavy atom. The van der Waals surface area contributed by atoms with Crippen molar-refractivity contribution in [3.05, 3.63) is 47.1 Å². The van der Waals surface area contributed by atoms with Crippen molar-refractivity contribution in [2.75, 3.05) is 0 Å². The van der Waals surface area contributed by atoms with Gasteiger partial charge in [-0.2, -0.15) is 0 Å². The van der Waals surface area contributed by atoms with E-state index in [1.54, 1.807) is 12.2 Å². The topological polar surface area (TPSA) is 113 Å². The Balaban J connectivity index is 2.88. The van der Waals surface area contributed by atoms with Gasteiger partial charge in [-0.15, -0.1) is 0 Å². The van der Waals surface area contributed by atoms with Crippen molar-refractivity contribution in [3.8, 4) is 11.5 Å². The predicted octanol–water partition coefficient (Wildman–Crippen LogP) is 3.29. The maximum absolute atomic E-state index is 12.6. The largest absolute Gasteiger partial charge is 0.453 e. The lowest BCUT2D eigenvalue weighted by atomic mass is 9.89. The van der Waals surface area contributed by atoms with Crippen LogP contribution < -0.4 is 9.47 Å². The number of ketones is 2. The zero-order valence-electron chi connectivity index (χ0n) is 17.3. The van der Waals surface area contributed by atoms with Gasteiger partial charge in [-0.1, -0.05) is 19.9 Å². The molecule has 0 bridgehead atoms. The third-order valence-electron chi connectivity index (χ3n) is 3.92. The molecule has 1 unspecified atom stereocenters. The highest BCUT2D eigenvalue weighted by Crippen LogP contribution is 2.42. The molecule has 0 radical (unpaired) electrons. The van der Waals surface area contributed by atoms with Crippen LogP contribution >= 0.6 is 0 Å². The summed E-state index contributed by atoms with van der Waals surface area (Å²) in [5.74, 6) is -3.64. The summed E-state index contributed by atoms with van der Waals surface area (Å²) in [6.07, 6.45) is 4.32. The second kappa shape index (κ2) is 9.30. The number of fused-ring (bicyclic) bond motifs is 1. The number of hydrogen-bond donors (Lipinski definition) is 0. The van der Waals surface area contributed by atoms with Crippen LogP contribution in [0.5, 0.6) is 11.5 Å². The van der Waals surface area contributed by atoms with Crippen molar-refractivity contribution in [1.82, 2.24) is 0 Å². The van der Waals surface area contributed by atoms with E-state index < -0.39 is 35.6 Å². The fraction of sp³-hybridized carbons (Fsp3) is 0.318. The highest BCUT2D eigenvalue weighted by Gasteiger charge is 2.34. The van der Waals surface area contributed by atoms with E-state index in [4.69, 9.17) is 14.2 Å². The molecular formula is C22H22O8. The van der Waals surface area contributed by atoms with Gasteiger partial charge < -0.3 is 14.2 Å². The van der Waals surface area contributed by atoms with E-state index in [1.165, 1.54) is 13.0 Å². The van der Waals surface area contributed by atoms with E-state index >= 15 is 0 Å². The Morgan fingerprint density at radius 3 is 1.90 bits per heavy atom. The average molecular weight is 414 g/mol. The first-order valence-corrected chi connectivity index (χ1v) is 9.21. The minimum atomic E-state index is -1.06. The summed E-state index contributed by atoms with van der Waals surface area (Å²) in [6, 6.07) is 1.26. The van der Waals surface area contributed by atoms with Crippen molar-refractivity contribution >= 4 is 29.5 Å². The number of allylic oxidation sites excluding steroid dienone is 3. The van der Waals surface area contributed by atoms with Crippen LogP contribution in [-0.4, -0.2) is 29.5 Å². The number of rotatable bonds is 6. The van der Waals surface area contributed by atoms with Gasteiger partial charge in [0, 0.05) is 26.3 Å². The molecular weight excluding hydrogens is 392 g/mol. The van der Waals surface area contributed by atoms with Crippen molar-refractivity contribution in [3.63, 3.8) is 0 Å². The van der Waals surface area contributed by atoms with Crippen molar-refractivity contribution in [1.29, 1.82) is 0 Å². The molecule has 158 valence electrons. The van der Waals surface area contributed by atoms with Crippen LogP contribution in [0.2, 0.25) is 0 Å². The molecule has 0 fully saturated rings. The number of carbonyl (C=O) groups is 5. The number of carbonyl (C=O) groups excluding carboxylic acids is 5. The molecule has 2 rings (SSSR count). The van der Waals surface area contributed by atoms with Gasteiger partial charge >= 0.3 is 17.9 Å². The molecule has 0 spiro atoms. The van der Waals surface area contributed by atoms with E-state index in [0.29, 0.717) is 0 Å². The summed E-state index contributed by atoms with van der Waals surface area (Å²) < 4.78 is 15.8. The molecule has 0 N–H and O–H groups in total. The van der Waals surface area contributed by atoms with E-state index in [1.807, 2.05) is 13.8 Å². The molecule has 0 amide bonds. The smallest absolute Gasteiger partial charge is 0.308 e. The molecule has 1 aliphatic carbocycles. The fourth-order valence-corrected chi connectivity index (χ4v) is 2.87. The summed E-state index contributed by atoms with van der Waals surface area (Å²) >= 11 is 0. The predicted molar refractivity (Wildman–Crippen MR) is 105 cm³/mol. The van der Waals surface area contributed by atoms with Crippen molar-refractivity contribution in [2.24, 2.45) is 5.92 Å². The molecule has 1 atom stereocenters. The van der Waals surface area contributed by atoms with Crippen LogP contribution in [0.25, 0.3) is 0 Å². The van der Waals surface area contributed by atoms with Crippen LogP contribution in [0.4, 0.5) is 0 Å². The second-order valence-electron chi connectivity index (χ2n) is 6.95. The molecule has 1 aliphatic rings. The monoisotopic (exact) mass is 414 g/mol. The zero-order chi connectivity index (χ0) is 22.6. The highest BCUT2D eigenvalue weighted by atomic mass is 16.6. The number of esters is 3. The lowest BCUT2D eigenvalue weighted by Gasteiger charge is -2.23. The summed E-state index contributed by atoms with van der Waals surface area (Å²) in [7, 11) is 0. The molecule has 0 aliphatic heterocycles. The van der Waals surface area contributed by atoms with Gasteiger partial charge in [0.15, 0.2) is 11.6 Å². The summed E-state index contributed by atoms with van der Waals surface area (Å²) in [6.45, 7) is 7.27. The van der Waals surface area contributed by atoms with Gasteiger partial charge in [0.2, 0.25) is 0 Å². The van der Waals surface area contributed by atoms with Gasteiger partial charge in [0.1, 0.15) is 17.6 Å². The average Bonchev–Trinajstić information content (AvgIpc) is 2.61. The molecule has 8 heteroatoms. The third kappa shape index (κ3) is 5.28. The van der Waals surface area contributed by atoms with Crippen molar-refractivity contribution < 1.29 is 38.2 Å². The van der Waals surface area contributed by atoms with Gasteiger partial charge in [-0.25, -0.2) is 0 Å². The molecule has 1 aromatic carbocycles. The first-order valence-electron chi connectivity index (χ1n) is 9.21. The fourth-order valence-electron chi connectivity index (χ4n) is 2.87. The maximum Gasteiger partial charge on any atom is 0.308 e. The van der Waals surface area contributed by atoms with Crippen molar-refractivity contribution in [2.45, 2.75) is 40.7 Å². The van der Waals surface area contributed by atoms with E-state index in [9.17, 15) is 24.0 Å². The van der Waals surface area contributed by atoms with Crippen LogP contribution in [0, 0.1) is 5.92 Å². The van der Waals surface area contributed by atoms with Gasteiger partial charge in [-0.05, 0) is 30.2 Å². The first-order chi connectivity index (χ1) is 14.0. The first kappa shape index (κ1) is 22.7. The SMILES string of the molecule is CC(=O)Oc1cc(C(/C=C/C(C)C)OC(C)=O)c(OC(C)=O)c2c1C(=O)C=CC2=O. The second-order valence-corrected chi connectivity index (χ2v) is 6.95. The molecule has 8 nitrogen and oxygen atoms in total. The quantitative estimate of drug-likeness (QED) is 0.396. The van der Waals surface area contributed by atoms with E-state index in [0.717, 1.165) is 26.0 Å². The standard InChI is InChI=1S/C22H22O8/c1-11(2)6-9-18(28-12(3)23)15-10-19(29-13(4)24)20-16(26)7-8-17(27)21(20)22(15)30-14(5)25/h6-11,18H,1-5H3/b9-6+. The molecule has 0 saturated carbocycles. The third-order valence-corrected chi connectivity index (χ3v) is 3.92. The van der Waals surface area contributed by atoms with Gasteiger partial charge in [-0.3, -0.25) is 24.0 Å². The van der Waals surface area contributed by atoms with Gasteiger partial charge in [0.05, 0.1) is 11.1 Å². The highest BCUT2D eigenvalue weighted by molar-refractivity contribution is 6.24. The summed E-state index contributed by atoms with van der Waals surface area (Å²) in [4.78, 5) is 60.2. The van der Waals surface area contributed by atoms with Gasteiger partial charge in [0.25, 0.3) is 0 Å². The zero-order valence-corrected chi connectivity index (χ0v) is 17.3. The van der Waals surface area contributed by atoms with Crippen LogP contribution in [0.1, 0.15) is 67.0 Å². The molecule has 1 aromatic rings. The maximum atomic E-state index is 12.6. The number of hydrogen-bond acceptors (Lipinski definition) is 8. The molecule has 30 heavy (non-hydrogen) atoms. The Morgan fingerprint density at radius 2 is 1.40 bits per heavy atom.